The van der Waals surface area contributed by atoms with E-state index in [-0.39, 0.29) is 16.7 Å². The van der Waals surface area contributed by atoms with Gasteiger partial charge in [-0.1, -0.05) is 41.5 Å². The molecule has 0 unspecified atom stereocenters. The molecule has 0 atom stereocenters. The summed E-state index contributed by atoms with van der Waals surface area (Å²) in [6, 6.07) is 0. The molecule has 0 aromatic carbocycles. The Morgan fingerprint density at radius 2 is 1.71 bits per heavy atom. The van der Waals surface area contributed by atoms with E-state index in [0.29, 0.717) is 6.42 Å². The Labute approximate surface area is 87.0 Å². The number of nitrogens with zero attached hydrogens (tertiary/aromatic N) is 1. The van der Waals surface area contributed by atoms with E-state index in [1.165, 1.54) is 0 Å². The van der Waals surface area contributed by atoms with E-state index in [4.69, 9.17) is 0 Å². The fourth-order valence-corrected chi connectivity index (χ4v) is 0.819. The van der Waals surface area contributed by atoms with Crippen LogP contribution in [0.5, 0.6) is 0 Å². The molecular weight excluding hydrogens is 176 g/mol. The number of nitrogens with one attached hydrogen (secondary N) is 1. The lowest BCUT2D eigenvalue weighted by molar-refractivity contribution is -0.122. The summed E-state index contributed by atoms with van der Waals surface area (Å²) < 4.78 is 0. The minimum absolute atomic E-state index is 0.00894. The van der Waals surface area contributed by atoms with E-state index < -0.39 is 0 Å². The fourth-order valence-electron chi connectivity index (χ4n) is 0.819. The summed E-state index contributed by atoms with van der Waals surface area (Å²) in [7, 11) is 0. The van der Waals surface area contributed by atoms with Crippen molar-refractivity contribution in [2.75, 3.05) is 0 Å². The van der Waals surface area contributed by atoms with Crippen molar-refractivity contribution >= 4 is 12.1 Å². The zero-order chi connectivity index (χ0) is 11.4. The van der Waals surface area contributed by atoms with E-state index >= 15 is 0 Å². The first kappa shape index (κ1) is 13.1. The third-order valence-corrected chi connectivity index (χ3v) is 1.33. The third kappa shape index (κ3) is 9.23. The molecule has 0 saturated heterocycles. The molecule has 0 aromatic rings. The van der Waals surface area contributed by atoms with Crippen LogP contribution in [0.1, 0.15) is 48.0 Å². The monoisotopic (exact) mass is 198 g/mol. The Hall–Kier alpha value is -0.860. The number of hydrazone groups is 1. The molecule has 82 valence electrons. The van der Waals surface area contributed by atoms with Crippen molar-refractivity contribution in [2.45, 2.75) is 48.0 Å². The summed E-state index contributed by atoms with van der Waals surface area (Å²) in [6.45, 7) is 12.2. The molecule has 3 nitrogen and oxygen atoms in total. The zero-order valence-electron chi connectivity index (χ0n) is 10.1. The molecule has 0 heterocycles. The van der Waals surface area contributed by atoms with Crippen molar-refractivity contribution in [1.82, 2.24) is 5.43 Å². The van der Waals surface area contributed by atoms with Gasteiger partial charge in [-0.3, -0.25) is 4.79 Å². The van der Waals surface area contributed by atoms with E-state index in [0.717, 1.165) is 0 Å². The minimum atomic E-state index is -0.0296. The van der Waals surface area contributed by atoms with Crippen molar-refractivity contribution in [3.05, 3.63) is 0 Å². The second-order valence-electron chi connectivity index (χ2n) is 5.90. The van der Waals surface area contributed by atoms with E-state index in [9.17, 15) is 4.79 Å². The molecule has 0 saturated carbocycles. The second-order valence-corrected chi connectivity index (χ2v) is 5.90. The summed E-state index contributed by atoms with van der Waals surface area (Å²) in [5, 5.41) is 3.90. The van der Waals surface area contributed by atoms with Crippen LogP contribution < -0.4 is 5.43 Å². The van der Waals surface area contributed by atoms with Crippen LogP contribution in [-0.2, 0) is 4.79 Å². The largest absolute Gasteiger partial charge is 0.273 e. The van der Waals surface area contributed by atoms with Crippen LogP contribution >= 0.6 is 0 Å². The predicted molar refractivity (Wildman–Crippen MR) is 60.2 cm³/mol. The summed E-state index contributed by atoms with van der Waals surface area (Å²) >= 11 is 0. The Morgan fingerprint density at radius 1 is 1.21 bits per heavy atom. The maximum Gasteiger partial charge on any atom is 0.240 e. The standard InChI is InChI=1S/C11H22N2O/c1-10(2,3)7-9(14)13-12-8-11(4,5)6/h8H,7H2,1-6H3,(H,13,14)/b12-8+. The van der Waals surface area contributed by atoms with Gasteiger partial charge in [0.05, 0.1) is 0 Å². The predicted octanol–water partition coefficient (Wildman–Crippen LogP) is 2.57. The van der Waals surface area contributed by atoms with E-state index in [2.05, 4.69) is 10.5 Å². The first-order valence-corrected chi connectivity index (χ1v) is 4.93. The molecule has 0 bridgehead atoms. The molecule has 1 amide bonds. The molecule has 0 aliphatic heterocycles. The highest BCUT2D eigenvalue weighted by Gasteiger charge is 2.15. The van der Waals surface area contributed by atoms with Gasteiger partial charge in [-0.15, -0.1) is 0 Å². The van der Waals surface area contributed by atoms with Crippen molar-refractivity contribution in [2.24, 2.45) is 15.9 Å². The zero-order valence-corrected chi connectivity index (χ0v) is 10.1. The van der Waals surface area contributed by atoms with Gasteiger partial charge in [0, 0.05) is 12.6 Å². The molecule has 0 fully saturated rings. The average molecular weight is 198 g/mol. The maximum absolute atomic E-state index is 11.3. The normalized spacial score (nSPS) is 13.3. The summed E-state index contributed by atoms with van der Waals surface area (Å²) in [5.41, 5.74) is 2.55. The Morgan fingerprint density at radius 3 is 2.07 bits per heavy atom. The molecular formula is C11H22N2O. The molecule has 3 heteroatoms. The van der Waals surface area contributed by atoms with Gasteiger partial charge in [0.15, 0.2) is 0 Å². The lowest BCUT2D eigenvalue weighted by Crippen LogP contribution is -2.24. The third-order valence-electron chi connectivity index (χ3n) is 1.33. The van der Waals surface area contributed by atoms with Gasteiger partial charge >= 0.3 is 0 Å². The number of hydrogen-bond donors (Lipinski definition) is 1. The van der Waals surface area contributed by atoms with Gasteiger partial charge in [-0.25, -0.2) is 5.43 Å². The number of amides is 1. The summed E-state index contributed by atoms with van der Waals surface area (Å²) in [6.07, 6.45) is 2.24. The first-order valence-electron chi connectivity index (χ1n) is 4.93. The van der Waals surface area contributed by atoms with Crippen LogP contribution in [0, 0.1) is 10.8 Å². The smallest absolute Gasteiger partial charge is 0.240 e. The number of carbonyl (C=O) groups excluding carboxylic acids is 1. The van der Waals surface area contributed by atoms with Crippen LogP contribution in [0.3, 0.4) is 0 Å². The van der Waals surface area contributed by atoms with Crippen molar-refractivity contribution < 1.29 is 4.79 Å². The van der Waals surface area contributed by atoms with Gasteiger partial charge in [-0.2, -0.15) is 5.10 Å². The van der Waals surface area contributed by atoms with Crippen molar-refractivity contribution in [1.29, 1.82) is 0 Å². The van der Waals surface area contributed by atoms with E-state index in [1.807, 2.05) is 41.5 Å². The summed E-state index contributed by atoms with van der Waals surface area (Å²) in [4.78, 5) is 11.3. The highest BCUT2D eigenvalue weighted by atomic mass is 16.2. The highest BCUT2D eigenvalue weighted by molar-refractivity contribution is 5.77. The minimum Gasteiger partial charge on any atom is -0.273 e. The van der Waals surface area contributed by atoms with Crippen LogP contribution in [0.4, 0.5) is 0 Å². The molecule has 14 heavy (non-hydrogen) atoms. The molecule has 0 spiro atoms. The second kappa shape index (κ2) is 4.58. The van der Waals surface area contributed by atoms with E-state index in [1.54, 1.807) is 6.21 Å². The first-order chi connectivity index (χ1) is 6.10. The van der Waals surface area contributed by atoms with Crippen LogP contribution in [0.25, 0.3) is 0 Å². The van der Waals surface area contributed by atoms with Gasteiger partial charge in [0.1, 0.15) is 0 Å². The van der Waals surface area contributed by atoms with Crippen LogP contribution in [-0.4, -0.2) is 12.1 Å². The number of hydrogen-bond acceptors (Lipinski definition) is 2. The summed E-state index contributed by atoms with van der Waals surface area (Å²) in [5.74, 6) is -0.0296. The molecule has 0 aliphatic carbocycles. The van der Waals surface area contributed by atoms with Gasteiger partial charge in [0.2, 0.25) is 5.91 Å². The average Bonchev–Trinajstić information content (AvgIpc) is 1.78. The molecule has 1 N–H and O–H groups in total. The molecule has 0 radical (unpaired) electrons. The maximum atomic E-state index is 11.3. The van der Waals surface area contributed by atoms with Crippen LogP contribution in [0.2, 0.25) is 0 Å². The Bertz CT molecular complexity index is 218. The topological polar surface area (TPSA) is 41.5 Å². The number of carbonyl (C=O) groups is 1. The van der Waals surface area contributed by atoms with Crippen molar-refractivity contribution in [3.8, 4) is 0 Å². The fraction of sp³-hybridized carbons (Fsp3) is 0.818. The van der Waals surface area contributed by atoms with Gasteiger partial charge in [0.25, 0.3) is 0 Å². The van der Waals surface area contributed by atoms with Crippen LogP contribution in [0.15, 0.2) is 5.10 Å². The Balaban J connectivity index is 3.93. The Kier molecular flexibility index (Phi) is 4.30. The SMILES string of the molecule is CC(C)(C)/C=N/NC(=O)CC(C)(C)C. The van der Waals surface area contributed by atoms with Crippen molar-refractivity contribution in [3.63, 3.8) is 0 Å². The van der Waals surface area contributed by atoms with Gasteiger partial charge < -0.3 is 0 Å². The molecule has 0 aliphatic rings. The molecule has 0 rings (SSSR count). The number of rotatable bonds is 2. The lowest BCUT2D eigenvalue weighted by atomic mass is 9.92. The molecule has 0 aromatic heterocycles. The quantitative estimate of drug-likeness (QED) is 0.537. The highest BCUT2D eigenvalue weighted by Crippen LogP contribution is 2.17. The lowest BCUT2D eigenvalue weighted by Gasteiger charge is -2.16. The van der Waals surface area contributed by atoms with Gasteiger partial charge in [-0.05, 0) is 10.8 Å².